The second-order valence-corrected chi connectivity index (χ2v) is 4.72. The van der Waals surface area contributed by atoms with Crippen molar-refractivity contribution in [1.82, 2.24) is 5.32 Å². The molecule has 1 aromatic carbocycles. The van der Waals surface area contributed by atoms with Crippen LogP contribution in [0.5, 0.6) is 5.75 Å². The molecule has 0 radical (unpaired) electrons. The molecular formula is C13H19ClN2O3. The van der Waals surface area contributed by atoms with Gasteiger partial charge in [-0.2, -0.15) is 0 Å². The van der Waals surface area contributed by atoms with Gasteiger partial charge < -0.3 is 20.9 Å². The van der Waals surface area contributed by atoms with E-state index in [1.807, 2.05) is 6.92 Å². The van der Waals surface area contributed by atoms with E-state index in [-0.39, 0.29) is 18.6 Å². The molecule has 1 rings (SSSR count). The molecule has 0 saturated carbocycles. The van der Waals surface area contributed by atoms with Crippen molar-refractivity contribution in [1.29, 1.82) is 0 Å². The molecule has 19 heavy (non-hydrogen) atoms. The minimum Gasteiger partial charge on any atom is -0.496 e. The number of nitrogen functional groups attached to an aromatic ring is 1. The first kappa shape index (κ1) is 15.6. The maximum atomic E-state index is 12.1. The number of aliphatic hydroxyl groups is 1. The van der Waals surface area contributed by atoms with Gasteiger partial charge in [0.1, 0.15) is 5.75 Å². The number of nitrogens with two attached hydrogens (primary N) is 1. The molecule has 0 aliphatic carbocycles. The number of carbonyl (C=O) groups is 1. The number of aliphatic hydroxyl groups excluding tert-OH is 1. The zero-order chi connectivity index (χ0) is 14.4. The Bertz CT molecular complexity index is 452. The van der Waals surface area contributed by atoms with Gasteiger partial charge in [0.15, 0.2) is 0 Å². The van der Waals surface area contributed by atoms with Gasteiger partial charge in [-0.15, -0.1) is 0 Å². The van der Waals surface area contributed by atoms with Crippen LogP contribution in [0.2, 0.25) is 5.02 Å². The lowest BCUT2D eigenvalue weighted by atomic mass is 10.1. The Balaban J connectivity index is 2.84. The van der Waals surface area contributed by atoms with Crippen LogP contribution in [-0.4, -0.2) is 30.8 Å². The second kappa shape index (κ2) is 7.21. The van der Waals surface area contributed by atoms with E-state index in [9.17, 15) is 4.79 Å². The van der Waals surface area contributed by atoms with Crippen molar-refractivity contribution in [2.45, 2.75) is 25.8 Å². The molecule has 0 saturated heterocycles. The van der Waals surface area contributed by atoms with Crippen LogP contribution in [0, 0.1) is 0 Å². The van der Waals surface area contributed by atoms with Gasteiger partial charge in [0.2, 0.25) is 0 Å². The molecule has 0 aliphatic heterocycles. The number of benzene rings is 1. The maximum Gasteiger partial charge on any atom is 0.255 e. The van der Waals surface area contributed by atoms with Crippen LogP contribution in [-0.2, 0) is 0 Å². The molecule has 1 aromatic rings. The van der Waals surface area contributed by atoms with Gasteiger partial charge in [-0.05, 0) is 25.8 Å². The Hall–Kier alpha value is -1.46. The fourth-order valence-electron chi connectivity index (χ4n) is 1.69. The minimum absolute atomic E-state index is 0.0410. The highest BCUT2D eigenvalue weighted by molar-refractivity contribution is 6.33. The summed E-state index contributed by atoms with van der Waals surface area (Å²) in [6, 6.07) is 2.97. The van der Waals surface area contributed by atoms with Crippen molar-refractivity contribution in [2.75, 3.05) is 19.5 Å². The molecule has 0 spiro atoms. The van der Waals surface area contributed by atoms with Crippen molar-refractivity contribution in [3.05, 3.63) is 22.7 Å². The van der Waals surface area contributed by atoms with E-state index in [2.05, 4.69) is 5.32 Å². The zero-order valence-corrected chi connectivity index (χ0v) is 11.8. The van der Waals surface area contributed by atoms with Crippen molar-refractivity contribution >= 4 is 23.2 Å². The second-order valence-electron chi connectivity index (χ2n) is 4.31. The molecule has 0 heterocycles. The average Bonchev–Trinajstić information content (AvgIpc) is 2.38. The number of hydrogen-bond donors (Lipinski definition) is 3. The topological polar surface area (TPSA) is 84.6 Å². The monoisotopic (exact) mass is 286 g/mol. The van der Waals surface area contributed by atoms with E-state index in [1.54, 1.807) is 0 Å². The van der Waals surface area contributed by atoms with Crippen molar-refractivity contribution in [3.63, 3.8) is 0 Å². The third-order valence-electron chi connectivity index (χ3n) is 2.74. The van der Waals surface area contributed by atoms with Gasteiger partial charge in [0, 0.05) is 18.7 Å². The Labute approximate surface area is 117 Å². The average molecular weight is 287 g/mol. The van der Waals surface area contributed by atoms with Crippen LogP contribution in [0.25, 0.3) is 0 Å². The fraction of sp³-hybridized carbons (Fsp3) is 0.462. The van der Waals surface area contributed by atoms with Crippen molar-refractivity contribution in [3.8, 4) is 5.75 Å². The van der Waals surface area contributed by atoms with E-state index in [1.165, 1.54) is 19.2 Å². The standard InChI is InChI=1S/C13H19ClN2O3/c1-8(4-3-5-17)16-13(18)9-6-10(14)11(15)7-12(9)19-2/h6-8,17H,3-5,15H2,1-2H3,(H,16,18). The highest BCUT2D eigenvalue weighted by Gasteiger charge is 2.16. The lowest BCUT2D eigenvalue weighted by Gasteiger charge is -2.15. The van der Waals surface area contributed by atoms with Crippen molar-refractivity contribution < 1.29 is 14.6 Å². The predicted octanol–water partition coefficient (Wildman–Crippen LogP) is 1.82. The van der Waals surface area contributed by atoms with Gasteiger partial charge in [0.05, 0.1) is 23.4 Å². The van der Waals surface area contributed by atoms with E-state index < -0.39 is 0 Å². The van der Waals surface area contributed by atoms with Crippen LogP contribution in [0.15, 0.2) is 12.1 Å². The molecule has 1 unspecified atom stereocenters. The number of methoxy groups -OCH3 is 1. The Morgan fingerprint density at radius 2 is 2.26 bits per heavy atom. The summed E-state index contributed by atoms with van der Waals surface area (Å²) >= 11 is 5.91. The summed E-state index contributed by atoms with van der Waals surface area (Å²) in [6.45, 7) is 1.98. The molecular weight excluding hydrogens is 268 g/mol. The third kappa shape index (κ3) is 4.29. The normalized spacial score (nSPS) is 12.0. The third-order valence-corrected chi connectivity index (χ3v) is 3.06. The van der Waals surface area contributed by atoms with E-state index in [0.717, 1.165) is 0 Å². The summed E-state index contributed by atoms with van der Waals surface area (Å²) < 4.78 is 5.13. The lowest BCUT2D eigenvalue weighted by molar-refractivity contribution is 0.0933. The zero-order valence-electron chi connectivity index (χ0n) is 11.1. The number of nitrogens with one attached hydrogen (secondary N) is 1. The smallest absolute Gasteiger partial charge is 0.255 e. The highest BCUT2D eigenvalue weighted by Crippen LogP contribution is 2.28. The summed E-state index contributed by atoms with van der Waals surface area (Å²) in [5.41, 5.74) is 6.37. The fourth-order valence-corrected chi connectivity index (χ4v) is 1.85. The first-order chi connectivity index (χ1) is 8.99. The minimum atomic E-state index is -0.274. The van der Waals surface area contributed by atoms with Crippen LogP contribution >= 0.6 is 11.6 Å². The Kier molecular flexibility index (Phi) is 5.92. The molecule has 1 amide bonds. The van der Waals surface area contributed by atoms with Crippen LogP contribution in [0.4, 0.5) is 5.69 Å². The molecule has 0 aliphatic rings. The molecule has 0 fully saturated rings. The molecule has 106 valence electrons. The van der Waals surface area contributed by atoms with Gasteiger partial charge in [-0.1, -0.05) is 11.6 Å². The predicted molar refractivity (Wildman–Crippen MR) is 75.7 cm³/mol. The number of rotatable bonds is 6. The van der Waals surface area contributed by atoms with Crippen molar-refractivity contribution in [2.24, 2.45) is 0 Å². The lowest BCUT2D eigenvalue weighted by Crippen LogP contribution is -2.33. The molecule has 4 N–H and O–H groups in total. The number of hydrogen-bond acceptors (Lipinski definition) is 4. The maximum absolute atomic E-state index is 12.1. The number of halogens is 1. The Morgan fingerprint density at radius 3 is 2.84 bits per heavy atom. The SMILES string of the molecule is COc1cc(N)c(Cl)cc1C(=O)NC(C)CCCO. The largest absolute Gasteiger partial charge is 0.496 e. The van der Waals surface area contributed by atoms with Crippen LogP contribution in [0.1, 0.15) is 30.1 Å². The number of ether oxygens (including phenoxy) is 1. The quantitative estimate of drug-likeness (QED) is 0.697. The molecule has 5 nitrogen and oxygen atoms in total. The Morgan fingerprint density at radius 1 is 1.58 bits per heavy atom. The van der Waals surface area contributed by atoms with Gasteiger partial charge in [-0.3, -0.25) is 4.79 Å². The van der Waals surface area contributed by atoms with E-state index >= 15 is 0 Å². The molecule has 1 atom stereocenters. The van der Waals surface area contributed by atoms with Gasteiger partial charge in [0.25, 0.3) is 5.91 Å². The number of amides is 1. The highest BCUT2D eigenvalue weighted by atomic mass is 35.5. The van der Waals surface area contributed by atoms with Crippen LogP contribution in [0.3, 0.4) is 0 Å². The molecule has 0 aromatic heterocycles. The summed E-state index contributed by atoms with van der Waals surface area (Å²) in [5, 5.41) is 11.9. The summed E-state index contributed by atoms with van der Waals surface area (Å²) in [5.74, 6) is 0.109. The van der Waals surface area contributed by atoms with Gasteiger partial charge >= 0.3 is 0 Å². The first-order valence-corrected chi connectivity index (χ1v) is 6.42. The molecule has 6 heteroatoms. The van der Waals surface area contributed by atoms with E-state index in [4.69, 9.17) is 27.2 Å². The van der Waals surface area contributed by atoms with Gasteiger partial charge in [-0.25, -0.2) is 0 Å². The molecule has 0 bridgehead atoms. The van der Waals surface area contributed by atoms with Crippen LogP contribution < -0.4 is 15.8 Å². The summed E-state index contributed by atoms with van der Waals surface area (Å²) in [6.07, 6.45) is 1.34. The number of anilines is 1. The number of carbonyl (C=O) groups excluding carboxylic acids is 1. The summed E-state index contributed by atoms with van der Waals surface area (Å²) in [4.78, 5) is 12.1. The summed E-state index contributed by atoms with van der Waals surface area (Å²) in [7, 11) is 1.47. The first-order valence-electron chi connectivity index (χ1n) is 6.04. The van der Waals surface area contributed by atoms with E-state index in [0.29, 0.717) is 34.9 Å².